The molecule has 88 valence electrons. The maximum Gasteiger partial charge on any atom is 0.275 e. The highest BCUT2D eigenvalue weighted by molar-refractivity contribution is 9.10. The molecule has 6 heteroatoms. The van der Waals surface area contributed by atoms with Gasteiger partial charge in [0.25, 0.3) is 5.91 Å². The predicted molar refractivity (Wildman–Crippen MR) is 73.4 cm³/mol. The fraction of sp³-hybridized carbons (Fsp3) is 0.0909. The summed E-state index contributed by atoms with van der Waals surface area (Å²) in [7, 11) is 0. The van der Waals surface area contributed by atoms with Crippen molar-refractivity contribution in [3.63, 3.8) is 0 Å². The molecule has 2 aromatic rings. The van der Waals surface area contributed by atoms with Gasteiger partial charge in [0.05, 0.1) is 10.7 Å². The van der Waals surface area contributed by atoms with Gasteiger partial charge in [0, 0.05) is 15.5 Å². The standard InChI is InChI=1S/C11H10BrN3OS/c1-6-14-10(5-17-6)11(16)15-9-3-2-7(13)4-8(9)12/h2-5H,13H2,1H3,(H,15,16). The van der Waals surface area contributed by atoms with Gasteiger partial charge in [-0.25, -0.2) is 4.98 Å². The highest BCUT2D eigenvalue weighted by Crippen LogP contribution is 2.25. The van der Waals surface area contributed by atoms with Crippen LogP contribution < -0.4 is 11.1 Å². The molecule has 0 unspecified atom stereocenters. The molecule has 0 fully saturated rings. The summed E-state index contributed by atoms with van der Waals surface area (Å²) in [5.41, 5.74) is 7.36. The Morgan fingerprint density at radius 2 is 2.29 bits per heavy atom. The number of nitrogens with two attached hydrogens (primary N) is 1. The van der Waals surface area contributed by atoms with Gasteiger partial charge < -0.3 is 11.1 Å². The summed E-state index contributed by atoms with van der Waals surface area (Å²) in [6, 6.07) is 5.21. The number of hydrogen-bond donors (Lipinski definition) is 2. The first kappa shape index (κ1) is 12.1. The third-order valence-electron chi connectivity index (χ3n) is 2.09. The van der Waals surface area contributed by atoms with Gasteiger partial charge in [-0.1, -0.05) is 0 Å². The number of aryl methyl sites for hydroxylation is 1. The number of carbonyl (C=O) groups excluding carboxylic acids is 1. The van der Waals surface area contributed by atoms with E-state index in [4.69, 9.17) is 5.73 Å². The van der Waals surface area contributed by atoms with Crippen LogP contribution in [0.2, 0.25) is 0 Å². The maximum absolute atomic E-state index is 11.8. The minimum Gasteiger partial charge on any atom is -0.399 e. The minimum absolute atomic E-state index is 0.222. The molecule has 0 aliphatic rings. The molecule has 0 aliphatic heterocycles. The molecule has 1 aromatic carbocycles. The molecule has 0 bridgehead atoms. The molecule has 0 saturated heterocycles. The van der Waals surface area contributed by atoms with E-state index in [1.807, 2.05) is 6.92 Å². The number of halogens is 1. The average Bonchev–Trinajstić information content (AvgIpc) is 2.69. The van der Waals surface area contributed by atoms with E-state index in [0.29, 0.717) is 17.1 Å². The second-order valence-corrected chi connectivity index (χ2v) is 5.36. The Bertz CT molecular complexity index is 568. The largest absolute Gasteiger partial charge is 0.399 e. The van der Waals surface area contributed by atoms with Crippen molar-refractivity contribution in [1.29, 1.82) is 0 Å². The van der Waals surface area contributed by atoms with Crippen LogP contribution in [0.25, 0.3) is 0 Å². The number of carbonyl (C=O) groups is 1. The van der Waals surface area contributed by atoms with E-state index in [9.17, 15) is 4.79 Å². The molecule has 0 aliphatic carbocycles. The van der Waals surface area contributed by atoms with Crippen molar-refractivity contribution in [2.45, 2.75) is 6.92 Å². The average molecular weight is 312 g/mol. The van der Waals surface area contributed by atoms with E-state index < -0.39 is 0 Å². The number of thiazole rings is 1. The van der Waals surface area contributed by atoms with Gasteiger partial charge in [0.2, 0.25) is 0 Å². The Labute approximate surface area is 111 Å². The van der Waals surface area contributed by atoms with Crippen LogP contribution in [-0.2, 0) is 0 Å². The third kappa shape index (κ3) is 2.83. The summed E-state index contributed by atoms with van der Waals surface area (Å²) in [5, 5.41) is 5.37. The normalized spacial score (nSPS) is 10.2. The number of rotatable bonds is 2. The predicted octanol–water partition coefficient (Wildman–Crippen LogP) is 3.05. The zero-order valence-corrected chi connectivity index (χ0v) is 11.4. The zero-order valence-electron chi connectivity index (χ0n) is 9.03. The Morgan fingerprint density at radius 3 is 2.88 bits per heavy atom. The molecule has 1 aromatic heterocycles. The number of anilines is 2. The molecule has 4 nitrogen and oxygen atoms in total. The van der Waals surface area contributed by atoms with Gasteiger partial charge in [0.15, 0.2) is 0 Å². The van der Waals surface area contributed by atoms with Crippen LogP contribution in [0.3, 0.4) is 0 Å². The van der Waals surface area contributed by atoms with E-state index in [-0.39, 0.29) is 5.91 Å². The van der Waals surface area contributed by atoms with Crippen molar-refractivity contribution >= 4 is 44.5 Å². The van der Waals surface area contributed by atoms with E-state index in [2.05, 4.69) is 26.2 Å². The second-order valence-electron chi connectivity index (χ2n) is 3.45. The van der Waals surface area contributed by atoms with Gasteiger partial charge in [-0.15, -0.1) is 11.3 Å². The zero-order chi connectivity index (χ0) is 12.4. The van der Waals surface area contributed by atoms with Crippen molar-refractivity contribution in [3.05, 3.63) is 38.8 Å². The molecule has 2 rings (SSSR count). The lowest BCUT2D eigenvalue weighted by molar-refractivity contribution is 0.102. The molecule has 3 N–H and O–H groups in total. The first-order valence-corrected chi connectivity index (χ1v) is 6.52. The van der Waals surface area contributed by atoms with Gasteiger partial charge in [-0.2, -0.15) is 0 Å². The Balaban J connectivity index is 2.18. The quantitative estimate of drug-likeness (QED) is 0.838. The molecule has 0 radical (unpaired) electrons. The number of nitrogens with zero attached hydrogens (tertiary/aromatic N) is 1. The van der Waals surface area contributed by atoms with Gasteiger partial charge in [0.1, 0.15) is 5.69 Å². The molecular weight excluding hydrogens is 302 g/mol. The number of hydrogen-bond acceptors (Lipinski definition) is 4. The van der Waals surface area contributed by atoms with Gasteiger partial charge in [-0.3, -0.25) is 4.79 Å². The van der Waals surface area contributed by atoms with E-state index in [0.717, 1.165) is 9.48 Å². The molecule has 0 spiro atoms. The van der Waals surface area contributed by atoms with Crippen LogP contribution in [0.15, 0.2) is 28.1 Å². The van der Waals surface area contributed by atoms with Crippen LogP contribution in [0.4, 0.5) is 11.4 Å². The summed E-state index contributed by atoms with van der Waals surface area (Å²) < 4.78 is 0.748. The Hall–Kier alpha value is -1.40. The summed E-state index contributed by atoms with van der Waals surface area (Å²) in [6.07, 6.45) is 0. The van der Waals surface area contributed by atoms with Crippen molar-refractivity contribution in [3.8, 4) is 0 Å². The Morgan fingerprint density at radius 1 is 1.53 bits per heavy atom. The molecule has 1 heterocycles. The van der Waals surface area contributed by atoms with Gasteiger partial charge in [-0.05, 0) is 41.1 Å². The van der Waals surface area contributed by atoms with E-state index >= 15 is 0 Å². The summed E-state index contributed by atoms with van der Waals surface area (Å²) >= 11 is 4.79. The van der Waals surface area contributed by atoms with Crippen molar-refractivity contribution < 1.29 is 4.79 Å². The van der Waals surface area contributed by atoms with Crippen molar-refractivity contribution in [2.24, 2.45) is 0 Å². The van der Waals surface area contributed by atoms with Crippen LogP contribution in [0, 0.1) is 6.92 Å². The van der Waals surface area contributed by atoms with Crippen LogP contribution >= 0.6 is 27.3 Å². The fourth-order valence-corrected chi connectivity index (χ4v) is 2.38. The highest BCUT2D eigenvalue weighted by atomic mass is 79.9. The maximum atomic E-state index is 11.8. The second kappa shape index (κ2) is 4.85. The smallest absolute Gasteiger partial charge is 0.275 e. The number of nitrogen functional groups attached to an aromatic ring is 1. The number of benzene rings is 1. The number of aromatic nitrogens is 1. The first-order chi connectivity index (χ1) is 8.06. The topological polar surface area (TPSA) is 68.0 Å². The van der Waals surface area contributed by atoms with Crippen LogP contribution in [0.5, 0.6) is 0 Å². The molecule has 0 saturated carbocycles. The summed E-state index contributed by atoms with van der Waals surface area (Å²) in [5.74, 6) is -0.222. The monoisotopic (exact) mass is 311 g/mol. The SMILES string of the molecule is Cc1nc(C(=O)Nc2ccc(N)cc2Br)cs1. The molecule has 17 heavy (non-hydrogen) atoms. The summed E-state index contributed by atoms with van der Waals surface area (Å²) in [4.78, 5) is 16.0. The molecule has 0 atom stereocenters. The van der Waals surface area contributed by atoms with Crippen LogP contribution in [-0.4, -0.2) is 10.9 Å². The number of nitrogens with one attached hydrogen (secondary N) is 1. The lowest BCUT2D eigenvalue weighted by Gasteiger charge is -2.06. The molecule has 1 amide bonds. The van der Waals surface area contributed by atoms with Gasteiger partial charge >= 0.3 is 0 Å². The lowest BCUT2D eigenvalue weighted by atomic mass is 10.3. The van der Waals surface area contributed by atoms with E-state index in [1.54, 1.807) is 23.6 Å². The first-order valence-electron chi connectivity index (χ1n) is 4.85. The lowest BCUT2D eigenvalue weighted by Crippen LogP contribution is -2.12. The number of amides is 1. The molecular formula is C11H10BrN3OS. The summed E-state index contributed by atoms with van der Waals surface area (Å²) in [6.45, 7) is 1.86. The minimum atomic E-state index is -0.222. The van der Waals surface area contributed by atoms with Crippen molar-refractivity contribution in [1.82, 2.24) is 4.98 Å². The fourth-order valence-electron chi connectivity index (χ4n) is 1.29. The van der Waals surface area contributed by atoms with E-state index in [1.165, 1.54) is 11.3 Å². The van der Waals surface area contributed by atoms with Crippen molar-refractivity contribution in [2.75, 3.05) is 11.1 Å². The highest BCUT2D eigenvalue weighted by Gasteiger charge is 2.11. The third-order valence-corrected chi connectivity index (χ3v) is 3.52. The Kier molecular flexibility index (Phi) is 3.44. The van der Waals surface area contributed by atoms with Crippen LogP contribution in [0.1, 0.15) is 15.5 Å².